The zero-order valence-corrected chi connectivity index (χ0v) is 16.1. The Balaban J connectivity index is 1.82. The number of aromatic nitrogens is 4. The zero-order valence-electron chi connectivity index (χ0n) is 15.3. The highest BCUT2D eigenvalue weighted by atomic mass is 35.5. The van der Waals surface area contributed by atoms with Crippen molar-refractivity contribution in [1.82, 2.24) is 19.2 Å². The van der Waals surface area contributed by atoms with Crippen molar-refractivity contribution in [2.75, 3.05) is 0 Å². The van der Waals surface area contributed by atoms with Gasteiger partial charge in [-0.3, -0.25) is 18.6 Å². The molecule has 2 aromatic carbocycles. The van der Waals surface area contributed by atoms with E-state index < -0.39 is 0 Å². The summed E-state index contributed by atoms with van der Waals surface area (Å²) in [5.41, 5.74) is 0.998. The van der Waals surface area contributed by atoms with Gasteiger partial charge in [0.05, 0.1) is 16.5 Å². The van der Waals surface area contributed by atoms with Crippen LogP contribution in [0.4, 0.5) is 0 Å². The van der Waals surface area contributed by atoms with Crippen LogP contribution in [0.1, 0.15) is 30.0 Å². The van der Waals surface area contributed by atoms with Crippen LogP contribution in [-0.4, -0.2) is 24.9 Å². The molecule has 0 unspecified atom stereocenters. The fraction of sp³-hybridized carbons (Fsp3) is 0.200. The van der Waals surface area contributed by atoms with Crippen molar-refractivity contribution in [2.45, 2.75) is 27.0 Å². The van der Waals surface area contributed by atoms with Gasteiger partial charge in [0, 0.05) is 11.6 Å². The maximum Gasteiger partial charge on any atom is 0.262 e. The van der Waals surface area contributed by atoms with E-state index in [1.807, 2.05) is 29.5 Å². The Bertz CT molecular complexity index is 1280. The lowest BCUT2D eigenvalue weighted by molar-refractivity contribution is 0.101. The number of nitrogens with zero attached hydrogens (tertiary/aromatic N) is 4. The topological polar surface area (TPSA) is 78.5 Å². The van der Waals surface area contributed by atoms with E-state index in [1.54, 1.807) is 28.8 Å². The van der Waals surface area contributed by atoms with Crippen LogP contribution in [0.15, 0.2) is 47.3 Å². The van der Waals surface area contributed by atoms with Crippen molar-refractivity contribution >= 4 is 34.1 Å². The lowest BCUT2D eigenvalue weighted by Gasteiger charge is -2.11. The van der Waals surface area contributed by atoms with E-state index in [1.165, 1.54) is 6.92 Å². The molecule has 0 atom stereocenters. The monoisotopic (exact) mass is 396 g/mol. The van der Waals surface area contributed by atoms with E-state index in [9.17, 15) is 9.59 Å². The Morgan fingerprint density at radius 2 is 1.96 bits per heavy atom. The second-order valence-corrected chi connectivity index (χ2v) is 6.74. The quantitative estimate of drug-likeness (QED) is 0.482. The SMILES string of the molecule is CCn1c(=O)c2ccccc2n2c(COc3ccc(Cl)cc3C(C)=O)nnc12. The Kier molecular flexibility index (Phi) is 4.60. The van der Waals surface area contributed by atoms with Crippen LogP contribution in [-0.2, 0) is 13.2 Å². The first-order chi connectivity index (χ1) is 13.5. The molecule has 142 valence electrons. The van der Waals surface area contributed by atoms with E-state index in [0.717, 1.165) is 0 Å². The predicted molar refractivity (Wildman–Crippen MR) is 106 cm³/mol. The van der Waals surface area contributed by atoms with Crippen molar-refractivity contribution < 1.29 is 9.53 Å². The van der Waals surface area contributed by atoms with Crippen molar-refractivity contribution in [3.8, 4) is 5.75 Å². The molecule has 0 saturated heterocycles. The molecule has 4 rings (SSSR count). The molecule has 0 bridgehead atoms. The van der Waals surface area contributed by atoms with Crippen LogP contribution in [0.5, 0.6) is 5.75 Å². The van der Waals surface area contributed by atoms with Gasteiger partial charge < -0.3 is 4.74 Å². The number of ketones is 1. The highest BCUT2D eigenvalue weighted by molar-refractivity contribution is 6.31. The lowest BCUT2D eigenvalue weighted by atomic mass is 10.1. The molecule has 0 radical (unpaired) electrons. The minimum absolute atomic E-state index is 0.0784. The molecule has 8 heteroatoms. The highest BCUT2D eigenvalue weighted by Gasteiger charge is 2.17. The van der Waals surface area contributed by atoms with Crippen LogP contribution in [0, 0.1) is 0 Å². The number of hydrogen-bond acceptors (Lipinski definition) is 5. The molecular formula is C20H17ClN4O3. The maximum absolute atomic E-state index is 12.7. The van der Waals surface area contributed by atoms with Gasteiger partial charge in [0.15, 0.2) is 11.6 Å². The van der Waals surface area contributed by atoms with Gasteiger partial charge in [-0.2, -0.15) is 0 Å². The van der Waals surface area contributed by atoms with Crippen molar-refractivity contribution in [3.63, 3.8) is 0 Å². The summed E-state index contributed by atoms with van der Waals surface area (Å²) >= 11 is 5.99. The third-order valence-electron chi connectivity index (χ3n) is 4.57. The Labute approximate surface area is 165 Å². The summed E-state index contributed by atoms with van der Waals surface area (Å²) in [6.07, 6.45) is 0. The summed E-state index contributed by atoms with van der Waals surface area (Å²) in [5.74, 6) is 1.25. The molecule has 4 aromatic rings. The summed E-state index contributed by atoms with van der Waals surface area (Å²) in [6.45, 7) is 3.89. The smallest absolute Gasteiger partial charge is 0.262 e. The van der Waals surface area contributed by atoms with E-state index in [4.69, 9.17) is 16.3 Å². The second kappa shape index (κ2) is 7.09. The normalized spacial score (nSPS) is 11.2. The van der Waals surface area contributed by atoms with Gasteiger partial charge in [-0.25, -0.2) is 0 Å². The number of benzene rings is 2. The second-order valence-electron chi connectivity index (χ2n) is 6.30. The van der Waals surface area contributed by atoms with Gasteiger partial charge in [-0.05, 0) is 44.2 Å². The van der Waals surface area contributed by atoms with E-state index >= 15 is 0 Å². The third-order valence-corrected chi connectivity index (χ3v) is 4.80. The van der Waals surface area contributed by atoms with Crippen molar-refractivity contribution in [1.29, 1.82) is 0 Å². The minimum Gasteiger partial charge on any atom is -0.485 e. The van der Waals surface area contributed by atoms with Crippen molar-refractivity contribution in [3.05, 3.63) is 69.2 Å². The molecule has 28 heavy (non-hydrogen) atoms. The number of halogens is 1. The summed E-state index contributed by atoms with van der Waals surface area (Å²) in [4.78, 5) is 24.6. The minimum atomic E-state index is -0.145. The molecule has 0 N–H and O–H groups in total. The number of carbonyl (C=O) groups excluding carboxylic acids is 1. The fourth-order valence-electron chi connectivity index (χ4n) is 3.24. The van der Waals surface area contributed by atoms with Gasteiger partial charge in [-0.1, -0.05) is 23.7 Å². The summed E-state index contributed by atoms with van der Waals surface area (Å²) in [6, 6.07) is 12.2. The highest BCUT2D eigenvalue weighted by Crippen LogP contribution is 2.24. The number of Topliss-reactive ketones (excluding diaryl/α,β-unsaturated/α-hetero) is 1. The Morgan fingerprint density at radius 1 is 1.18 bits per heavy atom. The van der Waals surface area contributed by atoms with Gasteiger partial charge in [-0.15, -0.1) is 10.2 Å². The van der Waals surface area contributed by atoms with Gasteiger partial charge in [0.2, 0.25) is 5.78 Å². The number of rotatable bonds is 5. The number of para-hydroxylation sites is 1. The van der Waals surface area contributed by atoms with Crippen LogP contribution >= 0.6 is 11.6 Å². The molecule has 7 nitrogen and oxygen atoms in total. The van der Waals surface area contributed by atoms with E-state index in [-0.39, 0.29) is 17.9 Å². The Hall–Kier alpha value is -3.19. The fourth-order valence-corrected chi connectivity index (χ4v) is 3.41. The number of ether oxygens (including phenoxy) is 1. The molecular weight excluding hydrogens is 380 g/mol. The van der Waals surface area contributed by atoms with Crippen LogP contribution in [0.3, 0.4) is 0 Å². The summed E-state index contributed by atoms with van der Waals surface area (Å²) in [7, 11) is 0. The number of aryl methyl sites for hydroxylation is 1. The largest absolute Gasteiger partial charge is 0.485 e. The van der Waals surface area contributed by atoms with Gasteiger partial charge >= 0.3 is 0 Å². The first kappa shape index (κ1) is 18.2. The molecule has 0 aliphatic rings. The summed E-state index contributed by atoms with van der Waals surface area (Å²) < 4.78 is 9.25. The summed E-state index contributed by atoms with van der Waals surface area (Å²) in [5, 5.41) is 9.45. The standard InChI is InChI=1S/C20H17ClN4O3/c1-3-24-19(27)14-6-4-5-7-16(14)25-18(22-23-20(24)25)11-28-17-9-8-13(21)10-15(17)12(2)26/h4-10H,3,11H2,1-2H3. The van der Waals surface area contributed by atoms with E-state index in [0.29, 0.717) is 45.4 Å². The molecule has 0 spiro atoms. The molecule has 0 aliphatic carbocycles. The average Bonchev–Trinajstić information content (AvgIpc) is 3.11. The number of hydrogen-bond donors (Lipinski definition) is 0. The molecule has 0 saturated carbocycles. The Morgan fingerprint density at radius 3 is 2.71 bits per heavy atom. The molecule has 0 amide bonds. The van der Waals surface area contributed by atoms with Crippen LogP contribution in [0.2, 0.25) is 5.02 Å². The molecule has 2 aromatic heterocycles. The van der Waals surface area contributed by atoms with Gasteiger partial charge in [0.25, 0.3) is 5.56 Å². The zero-order chi connectivity index (χ0) is 19.8. The average molecular weight is 397 g/mol. The van der Waals surface area contributed by atoms with Crippen LogP contribution in [0.25, 0.3) is 16.7 Å². The molecule has 0 aliphatic heterocycles. The van der Waals surface area contributed by atoms with Gasteiger partial charge in [0.1, 0.15) is 12.4 Å². The number of carbonyl (C=O) groups is 1. The predicted octanol–water partition coefficient (Wildman–Crippen LogP) is 3.50. The molecule has 2 heterocycles. The lowest BCUT2D eigenvalue weighted by Crippen LogP contribution is -2.22. The number of fused-ring (bicyclic) bond motifs is 3. The first-order valence-electron chi connectivity index (χ1n) is 8.80. The van der Waals surface area contributed by atoms with Crippen molar-refractivity contribution in [2.24, 2.45) is 0 Å². The first-order valence-corrected chi connectivity index (χ1v) is 9.18. The molecule has 0 fully saturated rings. The van der Waals surface area contributed by atoms with Crippen LogP contribution < -0.4 is 10.3 Å². The third kappa shape index (κ3) is 2.93. The maximum atomic E-state index is 12.7. The van der Waals surface area contributed by atoms with E-state index in [2.05, 4.69) is 10.2 Å².